The molecule has 0 aromatic carbocycles. The summed E-state index contributed by atoms with van der Waals surface area (Å²) in [6.07, 6.45) is 15.0. The van der Waals surface area contributed by atoms with E-state index in [1.165, 1.54) is 19.1 Å². The second-order valence-electron chi connectivity index (χ2n) is 20.1. The van der Waals surface area contributed by atoms with Crippen molar-refractivity contribution in [3.63, 3.8) is 0 Å². The van der Waals surface area contributed by atoms with E-state index in [2.05, 4.69) is 21.3 Å². The average Bonchev–Trinajstić information content (AvgIpc) is 3.77. The maximum atomic E-state index is 13.2. The van der Waals surface area contributed by atoms with Crippen molar-refractivity contribution in [2.45, 2.75) is 155 Å². The fourth-order valence-corrected chi connectivity index (χ4v) is 8.24. The number of imide groups is 1. The zero-order valence-corrected chi connectivity index (χ0v) is 47.8. The second kappa shape index (κ2) is 43.8. The third-order valence-electron chi connectivity index (χ3n) is 13.3. The van der Waals surface area contributed by atoms with Crippen LogP contribution in [0, 0.1) is 5.41 Å². The van der Waals surface area contributed by atoms with Gasteiger partial charge in [0.25, 0.3) is 11.8 Å². The number of esters is 1. The number of allylic oxidation sites excluding steroid dienone is 1. The summed E-state index contributed by atoms with van der Waals surface area (Å²) in [6.45, 7) is 7.74. The number of nitrogens with zero attached hydrogens (tertiary/aromatic N) is 4. The van der Waals surface area contributed by atoms with E-state index in [4.69, 9.17) is 23.7 Å². The third-order valence-corrected chi connectivity index (χ3v) is 13.3. The fraction of sp³-hybridized carbons (Fsp3) is 0.745. The molecular formula is C55H92N8O18. The van der Waals surface area contributed by atoms with Crippen LogP contribution in [0.2, 0.25) is 0 Å². The molecule has 0 bridgehead atoms. The van der Waals surface area contributed by atoms with Crippen LogP contribution in [-0.2, 0) is 71.6 Å². The topological polar surface area (TPSA) is 339 Å². The minimum absolute atomic E-state index is 0.0205. The van der Waals surface area contributed by atoms with Crippen molar-refractivity contribution in [1.82, 2.24) is 41.4 Å². The quantitative estimate of drug-likeness (QED) is 0.0115. The summed E-state index contributed by atoms with van der Waals surface area (Å²) in [4.78, 5) is 122. The Balaban J connectivity index is 1.40. The van der Waals surface area contributed by atoms with Gasteiger partial charge in [-0.15, -0.1) is 0 Å². The lowest BCUT2D eigenvalue weighted by atomic mass is 9.78. The molecule has 2 rings (SSSR count). The third kappa shape index (κ3) is 34.9. The van der Waals surface area contributed by atoms with E-state index in [0.29, 0.717) is 165 Å². The molecule has 0 saturated heterocycles. The molecule has 0 radical (unpaired) electrons. The van der Waals surface area contributed by atoms with Crippen molar-refractivity contribution in [2.75, 3.05) is 105 Å². The van der Waals surface area contributed by atoms with Gasteiger partial charge in [0.05, 0.1) is 52.9 Å². The van der Waals surface area contributed by atoms with E-state index in [-0.39, 0.29) is 101 Å². The molecule has 26 heteroatoms. The molecule has 0 aromatic rings. The predicted octanol–water partition coefficient (Wildman–Crippen LogP) is 2.80. The monoisotopic (exact) mass is 1150 g/mol. The van der Waals surface area contributed by atoms with E-state index in [1.54, 1.807) is 0 Å². The first kappa shape index (κ1) is 71.2. The predicted molar refractivity (Wildman–Crippen MR) is 291 cm³/mol. The molecule has 26 nitrogen and oxygen atoms in total. The number of hydroxylamine groups is 6. The fourth-order valence-electron chi connectivity index (χ4n) is 8.24. The number of nitrogens with one attached hydrogen (secondary N) is 4. The van der Waals surface area contributed by atoms with Gasteiger partial charge in [0.15, 0.2) is 0 Å². The number of hydrogen-bond acceptors (Lipinski definition) is 18. The molecule has 1 aliphatic heterocycles. The zero-order chi connectivity index (χ0) is 59.5. The van der Waals surface area contributed by atoms with Crippen molar-refractivity contribution < 1.29 is 87.3 Å². The smallest absolute Gasteiger partial charge is 0.306 e. The maximum absolute atomic E-state index is 13.2. The molecule has 0 saturated carbocycles. The molecule has 9 amide bonds. The summed E-state index contributed by atoms with van der Waals surface area (Å²) in [5.74, 6) is -3.73. The highest BCUT2D eigenvalue weighted by Gasteiger charge is 2.34. The molecule has 0 spiro atoms. The highest BCUT2D eigenvalue weighted by atomic mass is 16.6. The van der Waals surface area contributed by atoms with Crippen LogP contribution < -0.4 is 21.3 Å². The standard InChI is InChI=1S/C55H92N8O18/c1-44(64)61(74)32-14-6-11-28-56-46(65)19-21-52(71)63(76)34-15-7-12-29-57-47(66)18-20-51(70)62(75)33-13-5-3-4-8-17-53(72)81-45-16-9-10-26-55(2,27-24-45)54(73)59-31-37-78-39-41-80-43-42-79-40-38-77-36-30-58-48(67)25-35-60-49(68)22-23-50(60)69/h9,16,22-23,45,74-76H,3-8,10-15,17-21,24-43H2,1-2H3,(H,56,65)(H,57,66)(H,58,67)(H,59,73)/b16-9+/t45-,55+/m1/s1. The van der Waals surface area contributed by atoms with Crippen LogP contribution in [0.5, 0.6) is 0 Å². The SMILES string of the molecule is CC(=O)N(O)CCCCCNC(=O)CCC(=O)N(O)CCCCCNC(=O)CCC(=O)N(O)CCCCCCCC(=O)O[C@@H]1/C=C/CC[C@](C)(C(=O)NCCOCCOCCOCCOCCNC(=O)CCN2C(=O)C=CC2=O)CC1. The normalized spacial score (nSPS) is 16.3. The summed E-state index contributed by atoms with van der Waals surface area (Å²) in [5, 5.41) is 42.4. The van der Waals surface area contributed by atoms with E-state index < -0.39 is 41.1 Å². The Morgan fingerprint density at radius 1 is 0.543 bits per heavy atom. The van der Waals surface area contributed by atoms with Gasteiger partial charge in [0.1, 0.15) is 6.10 Å². The maximum Gasteiger partial charge on any atom is 0.306 e. The molecule has 2 atom stereocenters. The van der Waals surface area contributed by atoms with Gasteiger partial charge in [-0.25, -0.2) is 15.2 Å². The lowest BCUT2D eigenvalue weighted by Gasteiger charge is -2.31. The molecule has 460 valence electrons. The van der Waals surface area contributed by atoms with Gasteiger partial charge in [-0.2, -0.15) is 0 Å². The molecule has 81 heavy (non-hydrogen) atoms. The van der Waals surface area contributed by atoms with E-state index in [9.17, 15) is 63.6 Å². The van der Waals surface area contributed by atoms with Gasteiger partial charge in [0, 0.05) is 115 Å². The summed E-state index contributed by atoms with van der Waals surface area (Å²) in [7, 11) is 0. The average molecular weight is 1150 g/mol. The number of carbonyl (C=O) groups is 10. The minimum Gasteiger partial charge on any atom is -0.458 e. The largest absolute Gasteiger partial charge is 0.458 e. The van der Waals surface area contributed by atoms with Crippen molar-refractivity contribution in [3.05, 3.63) is 24.3 Å². The van der Waals surface area contributed by atoms with Gasteiger partial charge < -0.3 is 45.0 Å². The molecule has 1 heterocycles. The lowest BCUT2D eigenvalue weighted by molar-refractivity contribution is -0.166. The van der Waals surface area contributed by atoms with Crippen LogP contribution in [0.4, 0.5) is 0 Å². The van der Waals surface area contributed by atoms with Crippen molar-refractivity contribution in [3.8, 4) is 0 Å². The first-order valence-corrected chi connectivity index (χ1v) is 28.7. The zero-order valence-electron chi connectivity index (χ0n) is 47.8. The highest BCUT2D eigenvalue weighted by Crippen LogP contribution is 2.33. The Morgan fingerprint density at radius 3 is 1.52 bits per heavy atom. The number of carbonyl (C=O) groups excluding carboxylic acids is 10. The molecule has 2 aliphatic rings. The molecule has 7 N–H and O–H groups in total. The van der Waals surface area contributed by atoms with Crippen LogP contribution in [0.1, 0.15) is 149 Å². The molecule has 1 aliphatic carbocycles. The first-order chi connectivity index (χ1) is 38.9. The Hall–Kier alpha value is -5.90. The van der Waals surface area contributed by atoms with Crippen LogP contribution in [-0.4, -0.2) is 206 Å². The molecule has 0 fully saturated rings. The molecule has 0 unspecified atom stereocenters. The van der Waals surface area contributed by atoms with Gasteiger partial charge in [-0.3, -0.25) is 68.5 Å². The summed E-state index contributed by atoms with van der Waals surface area (Å²) in [5.41, 5.74) is -0.637. The van der Waals surface area contributed by atoms with Gasteiger partial charge in [-0.05, 0) is 83.1 Å². The van der Waals surface area contributed by atoms with E-state index in [1.807, 2.05) is 19.1 Å². The number of rotatable bonds is 46. The van der Waals surface area contributed by atoms with Crippen molar-refractivity contribution in [1.29, 1.82) is 0 Å². The summed E-state index contributed by atoms with van der Waals surface area (Å²) >= 11 is 0. The number of unbranched alkanes of at least 4 members (excludes halogenated alkanes) is 8. The van der Waals surface area contributed by atoms with Crippen LogP contribution in [0.3, 0.4) is 0 Å². The Morgan fingerprint density at radius 2 is 0.988 bits per heavy atom. The lowest BCUT2D eigenvalue weighted by Crippen LogP contribution is -2.41. The van der Waals surface area contributed by atoms with Crippen LogP contribution >= 0.6 is 0 Å². The number of ether oxygens (including phenoxy) is 5. The van der Waals surface area contributed by atoms with Crippen LogP contribution in [0.15, 0.2) is 24.3 Å². The van der Waals surface area contributed by atoms with E-state index >= 15 is 0 Å². The van der Waals surface area contributed by atoms with Crippen molar-refractivity contribution in [2.24, 2.45) is 5.41 Å². The van der Waals surface area contributed by atoms with Gasteiger partial charge in [0.2, 0.25) is 41.4 Å². The Kier molecular flexibility index (Phi) is 38.5. The van der Waals surface area contributed by atoms with E-state index in [0.717, 1.165) is 24.2 Å². The highest BCUT2D eigenvalue weighted by molar-refractivity contribution is 6.13. The van der Waals surface area contributed by atoms with Gasteiger partial charge >= 0.3 is 5.97 Å². The van der Waals surface area contributed by atoms with Crippen LogP contribution in [0.25, 0.3) is 0 Å². The number of amides is 9. The Labute approximate surface area is 476 Å². The molecule has 0 aromatic heterocycles. The summed E-state index contributed by atoms with van der Waals surface area (Å²) in [6, 6.07) is 0. The number of hydrogen-bond donors (Lipinski definition) is 7. The molecular weight excluding hydrogens is 1060 g/mol. The minimum atomic E-state index is -0.637. The Bertz CT molecular complexity index is 1980. The first-order valence-electron chi connectivity index (χ1n) is 28.7. The van der Waals surface area contributed by atoms with Gasteiger partial charge in [-0.1, -0.05) is 32.3 Å². The summed E-state index contributed by atoms with van der Waals surface area (Å²) < 4.78 is 27.8. The van der Waals surface area contributed by atoms with Crippen molar-refractivity contribution >= 4 is 59.1 Å². The second-order valence-corrected chi connectivity index (χ2v) is 20.1.